The van der Waals surface area contributed by atoms with E-state index in [0.29, 0.717) is 12.5 Å². The van der Waals surface area contributed by atoms with E-state index in [9.17, 15) is 4.79 Å². The average molecular weight is 323 g/mol. The molecule has 0 spiro atoms. The van der Waals surface area contributed by atoms with Gasteiger partial charge < -0.3 is 20.9 Å². The van der Waals surface area contributed by atoms with Crippen LogP contribution in [0.15, 0.2) is 4.99 Å². The van der Waals surface area contributed by atoms with Gasteiger partial charge in [-0.3, -0.25) is 9.79 Å². The van der Waals surface area contributed by atoms with Gasteiger partial charge in [0, 0.05) is 38.6 Å². The lowest BCUT2D eigenvalue weighted by Crippen LogP contribution is -2.42. The lowest BCUT2D eigenvalue weighted by atomic mass is 10.1. The Bertz CT molecular complexity index is 394. The number of hydrogen-bond acceptors (Lipinski definition) is 3. The van der Waals surface area contributed by atoms with Gasteiger partial charge in [0.25, 0.3) is 0 Å². The highest BCUT2D eigenvalue weighted by Crippen LogP contribution is 2.28. The molecule has 1 amide bonds. The number of likely N-dealkylation sites (tertiary alicyclic amines) is 1. The minimum absolute atomic E-state index is 0.204. The first-order chi connectivity index (χ1) is 11.2. The molecule has 1 heterocycles. The van der Waals surface area contributed by atoms with Crippen molar-refractivity contribution in [2.24, 2.45) is 16.8 Å². The van der Waals surface area contributed by atoms with Crippen molar-refractivity contribution in [3.05, 3.63) is 0 Å². The number of aliphatic imine (C=N–C) groups is 1. The summed E-state index contributed by atoms with van der Waals surface area (Å²) in [5.41, 5.74) is 0. The van der Waals surface area contributed by atoms with E-state index in [1.165, 1.54) is 32.5 Å². The number of rotatable bonds is 9. The third-order valence-electron chi connectivity index (χ3n) is 4.43. The fourth-order valence-electron chi connectivity index (χ4n) is 3.00. The van der Waals surface area contributed by atoms with Crippen LogP contribution in [0.1, 0.15) is 39.5 Å². The molecule has 1 atom stereocenters. The molecule has 0 aromatic heterocycles. The number of carbonyl (C=O) groups excluding carboxylic acids is 1. The highest BCUT2D eigenvalue weighted by molar-refractivity contribution is 5.81. The van der Waals surface area contributed by atoms with E-state index >= 15 is 0 Å². The van der Waals surface area contributed by atoms with Crippen molar-refractivity contribution in [3.63, 3.8) is 0 Å². The summed E-state index contributed by atoms with van der Waals surface area (Å²) < 4.78 is 0. The number of nitrogens with zero attached hydrogens (tertiary/aromatic N) is 2. The van der Waals surface area contributed by atoms with Crippen LogP contribution in [0.4, 0.5) is 0 Å². The highest BCUT2D eigenvalue weighted by Gasteiger charge is 2.29. The summed E-state index contributed by atoms with van der Waals surface area (Å²) in [6.07, 6.45) is 4.59. The Labute approximate surface area is 140 Å². The molecule has 1 aliphatic heterocycles. The van der Waals surface area contributed by atoms with Gasteiger partial charge in [0.05, 0.1) is 0 Å². The molecule has 23 heavy (non-hydrogen) atoms. The van der Waals surface area contributed by atoms with Crippen molar-refractivity contribution in [1.82, 2.24) is 20.9 Å². The minimum atomic E-state index is 0.204. The number of nitrogens with one attached hydrogen (secondary N) is 3. The fourth-order valence-corrected chi connectivity index (χ4v) is 3.00. The summed E-state index contributed by atoms with van der Waals surface area (Å²) in [5, 5.41) is 9.55. The van der Waals surface area contributed by atoms with Crippen LogP contribution < -0.4 is 16.0 Å². The van der Waals surface area contributed by atoms with Crippen LogP contribution in [0.5, 0.6) is 0 Å². The first kappa shape index (κ1) is 18.0. The van der Waals surface area contributed by atoms with E-state index in [2.05, 4.69) is 34.7 Å². The molecular formula is C17H33N5O. The van der Waals surface area contributed by atoms with Crippen LogP contribution in [0, 0.1) is 11.8 Å². The van der Waals surface area contributed by atoms with Crippen molar-refractivity contribution >= 4 is 11.9 Å². The quantitative estimate of drug-likeness (QED) is 0.333. The molecule has 1 unspecified atom stereocenters. The first-order valence-electron chi connectivity index (χ1n) is 9.25. The van der Waals surface area contributed by atoms with Crippen LogP contribution in [0.3, 0.4) is 0 Å². The average Bonchev–Trinajstić information content (AvgIpc) is 3.30. The van der Waals surface area contributed by atoms with E-state index in [0.717, 1.165) is 38.4 Å². The summed E-state index contributed by atoms with van der Waals surface area (Å²) in [7, 11) is 0. The predicted molar refractivity (Wildman–Crippen MR) is 94.6 cm³/mol. The van der Waals surface area contributed by atoms with Crippen molar-refractivity contribution in [3.8, 4) is 0 Å². The zero-order valence-electron chi connectivity index (χ0n) is 14.7. The van der Waals surface area contributed by atoms with Crippen LogP contribution in [0.25, 0.3) is 0 Å². The standard InChI is InChI=1S/C17H33N5O/c1-3-10-22-11-7-14(13-22)12-21-17(18-4-2)20-9-8-19-16(23)15-5-6-15/h14-15H,3-13H2,1-2H3,(H,19,23)(H2,18,20,21). The molecule has 6 heteroatoms. The smallest absolute Gasteiger partial charge is 0.223 e. The number of carbonyl (C=O) groups is 1. The molecule has 0 radical (unpaired) electrons. The first-order valence-corrected chi connectivity index (χ1v) is 9.25. The highest BCUT2D eigenvalue weighted by atomic mass is 16.2. The summed E-state index contributed by atoms with van der Waals surface area (Å²) in [6, 6.07) is 0. The van der Waals surface area contributed by atoms with E-state index in [1.807, 2.05) is 0 Å². The second kappa shape index (κ2) is 9.75. The molecular weight excluding hydrogens is 290 g/mol. The SMILES string of the molecule is CCCN1CCC(CN=C(NCC)NCCNC(=O)C2CC2)C1. The van der Waals surface area contributed by atoms with Gasteiger partial charge in [-0.2, -0.15) is 0 Å². The normalized spacial score (nSPS) is 22.2. The molecule has 6 nitrogen and oxygen atoms in total. The summed E-state index contributed by atoms with van der Waals surface area (Å²) >= 11 is 0. The van der Waals surface area contributed by atoms with Crippen LogP contribution in [-0.2, 0) is 4.79 Å². The van der Waals surface area contributed by atoms with E-state index in [1.54, 1.807) is 0 Å². The third-order valence-corrected chi connectivity index (χ3v) is 4.43. The van der Waals surface area contributed by atoms with Gasteiger partial charge in [-0.1, -0.05) is 6.92 Å². The van der Waals surface area contributed by atoms with Crippen molar-refractivity contribution in [2.45, 2.75) is 39.5 Å². The molecule has 2 aliphatic rings. The molecule has 1 saturated carbocycles. The van der Waals surface area contributed by atoms with Gasteiger partial charge in [-0.05, 0) is 51.6 Å². The second-order valence-corrected chi connectivity index (χ2v) is 6.67. The molecule has 2 rings (SSSR count). The van der Waals surface area contributed by atoms with Crippen molar-refractivity contribution < 1.29 is 4.79 Å². The number of guanidine groups is 1. The van der Waals surface area contributed by atoms with Gasteiger partial charge >= 0.3 is 0 Å². The Kier molecular flexibility index (Phi) is 7.65. The molecule has 1 aliphatic carbocycles. The van der Waals surface area contributed by atoms with E-state index in [-0.39, 0.29) is 11.8 Å². The Hall–Kier alpha value is -1.30. The molecule has 0 aromatic rings. The summed E-state index contributed by atoms with van der Waals surface area (Å²) in [5.74, 6) is 2.02. The zero-order chi connectivity index (χ0) is 16.5. The molecule has 0 aromatic carbocycles. The molecule has 0 bridgehead atoms. The Morgan fingerprint density at radius 3 is 2.61 bits per heavy atom. The molecule has 2 fully saturated rings. The van der Waals surface area contributed by atoms with Gasteiger partial charge in [-0.25, -0.2) is 0 Å². The van der Waals surface area contributed by atoms with Crippen molar-refractivity contribution in [2.75, 3.05) is 45.8 Å². The Morgan fingerprint density at radius 1 is 1.13 bits per heavy atom. The molecule has 1 saturated heterocycles. The van der Waals surface area contributed by atoms with Gasteiger partial charge in [0.15, 0.2) is 5.96 Å². The van der Waals surface area contributed by atoms with Crippen molar-refractivity contribution in [1.29, 1.82) is 0 Å². The largest absolute Gasteiger partial charge is 0.357 e. The Balaban J connectivity index is 1.64. The number of hydrogen-bond donors (Lipinski definition) is 3. The molecule has 132 valence electrons. The maximum absolute atomic E-state index is 11.6. The van der Waals surface area contributed by atoms with Crippen LogP contribution >= 0.6 is 0 Å². The monoisotopic (exact) mass is 323 g/mol. The van der Waals surface area contributed by atoms with E-state index < -0.39 is 0 Å². The Morgan fingerprint density at radius 2 is 1.91 bits per heavy atom. The molecule has 3 N–H and O–H groups in total. The predicted octanol–water partition coefficient (Wildman–Crippen LogP) is 0.800. The van der Waals surface area contributed by atoms with Gasteiger partial charge in [-0.15, -0.1) is 0 Å². The minimum Gasteiger partial charge on any atom is -0.357 e. The second-order valence-electron chi connectivity index (χ2n) is 6.67. The van der Waals surface area contributed by atoms with Gasteiger partial charge in [0.1, 0.15) is 0 Å². The van der Waals surface area contributed by atoms with Crippen LogP contribution in [0.2, 0.25) is 0 Å². The maximum atomic E-state index is 11.6. The number of amides is 1. The fraction of sp³-hybridized carbons (Fsp3) is 0.882. The van der Waals surface area contributed by atoms with E-state index in [4.69, 9.17) is 4.99 Å². The van der Waals surface area contributed by atoms with Gasteiger partial charge in [0.2, 0.25) is 5.91 Å². The lowest BCUT2D eigenvalue weighted by Gasteiger charge is -2.15. The third kappa shape index (κ3) is 6.77. The summed E-state index contributed by atoms with van der Waals surface area (Å²) in [6.45, 7) is 11.0. The summed E-state index contributed by atoms with van der Waals surface area (Å²) in [4.78, 5) is 18.8. The lowest BCUT2D eigenvalue weighted by molar-refractivity contribution is -0.122. The topological polar surface area (TPSA) is 68.8 Å². The zero-order valence-corrected chi connectivity index (χ0v) is 14.7. The maximum Gasteiger partial charge on any atom is 0.223 e. The van der Waals surface area contributed by atoms with Crippen LogP contribution in [-0.4, -0.2) is 62.6 Å².